The number of benzene rings is 3. The first kappa shape index (κ1) is 17.4. The molecule has 0 heterocycles. The summed E-state index contributed by atoms with van der Waals surface area (Å²) in [6.07, 6.45) is 0.178. The molecule has 0 atom stereocenters. The Labute approximate surface area is 152 Å². The third-order valence-corrected chi connectivity index (χ3v) is 4.07. The largest absolute Gasteiger partial charge is 0.506 e. The van der Waals surface area contributed by atoms with Crippen LogP contribution in [-0.4, -0.2) is 16.8 Å². The van der Waals surface area contributed by atoms with Crippen molar-refractivity contribution in [3.05, 3.63) is 84.4 Å². The molecule has 0 fully saturated rings. The lowest BCUT2D eigenvalue weighted by Gasteiger charge is -2.07. The van der Waals surface area contributed by atoms with E-state index in [-0.39, 0.29) is 30.3 Å². The monoisotopic (exact) mass is 345 g/mol. The highest BCUT2D eigenvalue weighted by atomic mass is 16.3. The fourth-order valence-corrected chi connectivity index (χ4v) is 2.64. The number of hydrogen-bond donors (Lipinski definition) is 2. The summed E-state index contributed by atoms with van der Waals surface area (Å²) in [5.74, 6) is -0.388. The highest BCUT2D eigenvalue weighted by Gasteiger charge is 2.11. The molecule has 3 aromatic carbocycles. The second-order valence-electron chi connectivity index (χ2n) is 5.93. The van der Waals surface area contributed by atoms with Gasteiger partial charge in [0.05, 0.1) is 5.69 Å². The van der Waals surface area contributed by atoms with Gasteiger partial charge in [-0.1, -0.05) is 66.7 Å². The fourth-order valence-electron chi connectivity index (χ4n) is 2.64. The van der Waals surface area contributed by atoms with Crippen LogP contribution in [-0.2, 0) is 4.79 Å². The minimum absolute atomic E-state index is 0.00340. The van der Waals surface area contributed by atoms with Gasteiger partial charge in [-0.3, -0.25) is 9.59 Å². The summed E-state index contributed by atoms with van der Waals surface area (Å²) in [4.78, 5) is 24.3. The quantitative estimate of drug-likeness (QED) is 0.504. The maximum absolute atomic E-state index is 12.3. The van der Waals surface area contributed by atoms with Gasteiger partial charge in [-0.15, -0.1) is 0 Å². The Morgan fingerprint density at radius 3 is 2.04 bits per heavy atom. The molecular formula is C22H19NO3. The topological polar surface area (TPSA) is 66.4 Å². The van der Waals surface area contributed by atoms with Crippen LogP contribution in [0.5, 0.6) is 5.75 Å². The first-order chi connectivity index (χ1) is 12.6. The van der Waals surface area contributed by atoms with E-state index in [1.165, 1.54) is 6.07 Å². The Bertz CT molecular complexity index is 902. The van der Waals surface area contributed by atoms with E-state index < -0.39 is 0 Å². The van der Waals surface area contributed by atoms with Gasteiger partial charge in [0, 0.05) is 18.4 Å². The van der Waals surface area contributed by atoms with E-state index >= 15 is 0 Å². The zero-order chi connectivity index (χ0) is 18.4. The number of aromatic hydroxyl groups is 1. The van der Waals surface area contributed by atoms with E-state index in [0.717, 1.165) is 11.1 Å². The van der Waals surface area contributed by atoms with Crippen molar-refractivity contribution in [2.75, 3.05) is 5.32 Å². The van der Waals surface area contributed by atoms with Gasteiger partial charge in [-0.05, 0) is 23.3 Å². The van der Waals surface area contributed by atoms with Gasteiger partial charge in [0.15, 0.2) is 5.78 Å². The lowest BCUT2D eigenvalue weighted by atomic mass is 10.0. The second-order valence-corrected chi connectivity index (χ2v) is 5.93. The third kappa shape index (κ3) is 4.36. The number of carbonyl (C=O) groups is 2. The predicted octanol–water partition coefficient (Wildman–Crippen LogP) is 4.66. The van der Waals surface area contributed by atoms with Crippen molar-refractivity contribution < 1.29 is 14.7 Å². The molecule has 0 aliphatic carbocycles. The number of hydrogen-bond acceptors (Lipinski definition) is 3. The molecule has 0 bridgehead atoms. The molecule has 0 aliphatic heterocycles. The van der Waals surface area contributed by atoms with Crippen molar-refractivity contribution in [2.24, 2.45) is 0 Å². The zero-order valence-corrected chi connectivity index (χ0v) is 14.2. The molecule has 26 heavy (non-hydrogen) atoms. The van der Waals surface area contributed by atoms with Crippen LogP contribution < -0.4 is 5.32 Å². The molecule has 4 nitrogen and oxygen atoms in total. The van der Waals surface area contributed by atoms with Crippen molar-refractivity contribution in [1.82, 2.24) is 0 Å². The summed E-state index contributed by atoms with van der Waals surface area (Å²) in [6.45, 7) is 0. The highest BCUT2D eigenvalue weighted by Crippen LogP contribution is 2.22. The summed E-state index contributed by atoms with van der Waals surface area (Å²) in [6, 6.07) is 23.8. The number of phenols is 1. The number of ketones is 1. The molecule has 0 radical (unpaired) electrons. The van der Waals surface area contributed by atoms with E-state index in [4.69, 9.17) is 0 Å². The minimum Gasteiger partial charge on any atom is -0.506 e. The van der Waals surface area contributed by atoms with Gasteiger partial charge < -0.3 is 10.4 Å². The molecule has 0 saturated carbocycles. The van der Waals surface area contributed by atoms with Gasteiger partial charge in [0.1, 0.15) is 5.75 Å². The Kier molecular flexibility index (Phi) is 5.44. The molecular weight excluding hydrogens is 326 g/mol. The van der Waals surface area contributed by atoms with Crippen molar-refractivity contribution in [3.8, 4) is 16.9 Å². The Balaban J connectivity index is 1.56. The van der Waals surface area contributed by atoms with Crippen LogP contribution >= 0.6 is 0 Å². The molecule has 130 valence electrons. The highest BCUT2D eigenvalue weighted by molar-refractivity contribution is 6.00. The number of para-hydroxylation sites is 2. The van der Waals surface area contributed by atoms with Crippen LogP contribution in [0.4, 0.5) is 5.69 Å². The lowest BCUT2D eigenvalue weighted by Crippen LogP contribution is -2.13. The van der Waals surface area contributed by atoms with Crippen molar-refractivity contribution in [1.29, 1.82) is 0 Å². The first-order valence-electron chi connectivity index (χ1n) is 8.40. The molecule has 0 aliphatic rings. The van der Waals surface area contributed by atoms with E-state index in [2.05, 4.69) is 5.32 Å². The number of carbonyl (C=O) groups excluding carboxylic acids is 2. The van der Waals surface area contributed by atoms with Crippen LogP contribution in [0.15, 0.2) is 78.9 Å². The maximum Gasteiger partial charge on any atom is 0.224 e. The molecule has 0 unspecified atom stereocenters. The van der Waals surface area contributed by atoms with Crippen LogP contribution in [0, 0.1) is 0 Å². The zero-order valence-electron chi connectivity index (χ0n) is 14.2. The number of phenolic OH excluding ortho intramolecular Hbond substituents is 1. The number of Topliss-reactive ketones (excluding diaryl/α,β-unsaturated/α-hetero) is 1. The van der Waals surface area contributed by atoms with Crippen LogP contribution in [0.25, 0.3) is 11.1 Å². The summed E-state index contributed by atoms with van der Waals surface area (Å²) in [7, 11) is 0. The van der Waals surface area contributed by atoms with Gasteiger partial charge in [0.25, 0.3) is 0 Å². The summed E-state index contributed by atoms with van der Waals surface area (Å²) < 4.78 is 0. The fraction of sp³-hybridized carbons (Fsp3) is 0.0909. The number of anilines is 1. The van der Waals surface area contributed by atoms with Crippen molar-refractivity contribution in [2.45, 2.75) is 12.8 Å². The van der Waals surface area contributed by atoms with Crippen molar-refractivity contribution >= 4 is 17.4 Å². The minimum atomic E-state index is -0.305. The van der Waals surface area contributed by atoms with Crippen LogP contribution in [0.1, 0.15) is 23.2 Å². The molecule has 3 rings (SSSR count). The molecule has 0 saturated heterocycles. The molecule has 0 aromatic heterocycles. The molecule has 2 N–H and O–H groups in total. The van der Waals surface area contributed by atoms with E-state index in [1.54, 1.807) is 30.3 Å². The second kappa shape index (κ2) is 8.12. The Hall–Kier alpha value is -3.40. The lowest BCUT2D eigenvalue weighted by molar-refractivity contribution is -0.116. The van der Waals surface area contributed by atoms with E-state index in [9.17, 15) is 14.7 Å². The summed E-state index contributed by atoms with van der Waals surface area (Å²) in [5, 5.41) is 12.3. The normalized spacial score (nSPS) is 10.3. The number of nitrogens with one attached hydrogen (secondary N) is 1. The van der Waals surface area contributed by atoms with Gasteiger partial charge in [-0.2, -0.15) is 0 Å². The van der Waals surface area contributed by atoms with Crippen LogP contribution in [0.2, 0.25) is 0 Å². The van der Waals surface area contributed by atoms with Gasteiger partial charge in [-0.25, -0.2) is 0 Å². The van der Waals surface area contributed by atoms with Crippen LogP contribution in [0.3, 0.4) is 0 Å². The maximum atomic E-state index is 12.3. The summed E-state index contributed by atoms with van der Waals surface area (Å²) >= 11 is 0. The Morgan fingerprint density at radius 1 is 0.731 bits per heavy atom. The molecule has 1 amide bonds. The van der Waals surface area contributed by atoms with E-state index in [0.29, 0.717) is 11.3 Å². The SMILES string of the molecule is O=C(CCC(=O)c1ccc(-c2ccccc2)cc1)Nc1ccccc1O. The van der Waals surface area contributed by atoms with Gasteiger partial charge >= 0.3 is 0 Å². The predicted molar refractivity (Wildman–Crippen MR) is 102 cm³/mol. The third-order valence-electron chi connectivity index (χ3n) is 4.07. The summed E-state index contributed by atoms with van der Waals surface area (Å²) in [5.41, 5.74) is 3.06. The Morgan fingerprint density at radius 2 is 1.35 bits per heavy atom. The molecule has 0 spiro atoms. The number of amides is 1. The molecule has 3 aromatic rings. The smallest absolute Gasteiger partial charge is 0.224 e. The van der Waals surface area contributed by atoms with Crippen molar-refractivity contribution in [3.63, 3.8) is 0 Å². The number of rotatable bonds is 6. The molecule has 4 heteroatoms. The van der Waals surface area contributed by atoms with E-state index in [1.807, 2.05) is 42.5 Å². The van der Waals surface area contributed by atoms with Gasteiger partial charge in [0.2, 0.25) is 5.91 Å². The first-order valence-corrected chi connectivity index (χ1v) is 8.40. The average molecular weight is 345 g/mol. The standard InChI is InChI=1S/C22H19NO3/c24-20(14-15-22(26)23-19-8-4-5-9-21(19)25)18-12-10-17(11-13-18)16-6-2-1-3-7-16/h1-13,25H,14-15H2,(H,23,26). The average Bonchev–Trinajstić information content (AvgIpc) is 2.69.